The molecule has 88 valence electrons. The minimum Gasteiger partial charge on any atom is -0.340 e. The molecule has 1 N–H and O–H groups in total. The molecule has 0 amide bonds. The summed E-state index contributed by atoms with van der Waals surface area (Å²) in [5.74, 6) is 1.38. The lowest BCUT2D eigenvalue weighted by molar-refractivity contribution is 1.06. The van der Waals surface area contributed by atoms with Gasteiger partial charge in [-0.05, 0) is 38.0 Å². The largest absolute Gasteiger partial charge is 0.340 e. The third kappa shape index (κ3) is 2.74. The molecule has 17 heavy (non-hydrogen) atoms. The highest BCUT2D eigenvalue weighted by atomic mass is 35.5. The number of benzene rings is 1. The molecule has 4 heteroatoms. The number of hydrogen-bond acceptors (Lipinski definition) is 3. The van der Waals surface area contributed by atoms with E-state index >= 15 is 0 Å². The Morgan fingerprint density at radius 2 is 1.88 bits per heavy atom. The summed E-state index contributed by atoms with van der Waals surface area (Å²) in [6.45, 7) is 5.98. The number of nitrogens with one attached hydrogen (secondary N) is 1. The zero-order valence-corrected chi connectivity index (χ0v) is 10.8. The summed E-state index contributed by atoms with van der Waals surface area (Å²) in [5, 5.41) is 3.71. The van der Waals surface area contributed by atoms with Crippen molar-refractivity contribution in [3.05, 3.63) is 46.4 Å². The number of anilines is 2. The van der Waals surface area contributed by atoms with Gasteiger partial charge in [0.1, 0.15) is 16.8 Å². The first kappa shape index (κ1) is 11.9. The molecule has 0 aliphatic heterocycles. The van der Waals surface area contributed by atoms with E-state index in [4.69, 9.17) is 11.6 Å². The van der Waals surface area contributed by atoms with Crippen LogP contribution in [-0.2, 0) is 0 Å². The first-order chi connectivity index (χ1) is 8.06. The van der Waals surface area contributed by atoms with Crippen LogP contribution in [0.4, 0.5) is 11.5 Å². The lowest BCUT2D eigenvalue weighted by Gasteiger charge is -2.11. The maximum atomic E-state index is 5.90. The van der Waals surface area contributed by atoms with Gasteiger partial charge in [0.25, 0.3) is 0 Å². The molecular formula is C13H14ClN3. The van der Waals surface area contributed by atoms with Crippen LogP contribution >= 0.6 is 11.6 Å². The van der Waals surface area contributed by atoms with Crippen LogP contribution in [0.2, 0.25) is 5.15 Å². The molecule has 0 spiro atoms. The van der Waals surface area contributed by atoms with E-state index in [1.807, 2.05) is 19.1 Å². The Bertz CT molecular complexity index is 532. The molecule has 0 unspecified atom stereocenters. The van der Waals surface area contributed by atoms with E-state index in [2.05, 4.69) is 35.2 Å². The second kappa shape index (κ2) is 4.72. The Kier molecular flexibility index (Phi) is 3.29. The number of aryl methyl sites for hydroxylation is 2. The van der Waals surface area contributed by atoms with Gasteiger partial charge in [0, 0.05) is 11.8 Å². The van der Waals surface area contributed by atoms with E-state index in [0.29, 0.717) is 11.0 Å². The summed E-state index contributed by atoms with van der Waals surface area (Å²) in [4.78, 5) is 8.32. The van der Waals surface area contributed by atoms with Gasteiger partial charge in [0.15, 0.2) is 0 Å². The van der Waals surface area contributed by atoms with Crippen LogP contribution in [0.25, 0.3) is 0 Å². The van der Waals surface area contributed by atoms with Crippen molar-refractivity contribution in [2.75, 3.05) is 5.32 Å². The van der Waals surface area contributed by atoms with Crippen LogP contribution in [0, 0.1) is 20.8 Å². The van der Waals surface area contributed by atoms with Gasteiger partial charge >= 0.3 is 0 Å². The molecule has 0 saturated carbocycles. The highest BCUT2D eigenvalue weighted by molar-refractivity contribution is 6.29. The zero-order valence-electron chi connectivity index (χ0n) is 10.1. The first-order valence-corrected chi connectivity index (χ1v) is 5.78. The second-order valence-electron chi connectivity index (χ2n) is 4.00. The Balaban J connectivity index is 2.34. The minimum absolute atomic E-state index is 0.449. The third-order valence-electron chi connectivity index (χ3n) is 2.67. The molecule has 0 aliphatic carbocycles. The molecule has 0 radical (unpaired) electrons. The Morgan fingerprint density at radius 1 is 1.12 bits per heavy atom. The third-order valence-corrected chi connectivity index (χ3v) is 2.87. The van der Waals surface area contributed by atoms with Crippen LogP contribution in [0.5, 0.6) is 0 Å². The molecule has 2 rings (SSSR count). The molecule has 0 fully saturated rings. The lowest BCUT2D eigenvalue weighted by atomic mass is 10.1. The zero-order chi connectivity index (χ0) is 12.4. The molecule has 0 bridgehead atoms. The number of hydrogen-bond donors (Lipinski definition) is 1. The Morgan fingerprint density at radius 3 is 2.59 bits per heavy atom. The van der Waals surface area contributed by atoms with Crippen molar-refractivity contribution < 1.29 is 0 Å². The van der Waals surface area contributed by atoms with Crippen molar-refractivity contribution in [2.45, 2.75) is 20.8 Å². The molecule has 3 nitrogen and oxygen atoms in total. The van der Waals surface area contributed by atoms with Crippen LogP contribution in [0.15, 0.2) is 24.3 Å². The van der Waals surface area contributed by atoms with E-state index in [0.717, 1.165) is 11.5 Å². The van der Waals surface area contributed by atoms with Crippen LogP contribution in [0.3, 0.4) is 0 Å². The number of aromatic nitrogens is 2. The van der Waals surface area contributed by atoms with E-state index in [1.54, 1.807) is 6.07 Å². The number of nitrogens with zero attached hydrogens (tertiary/aromatic N) is 2. The van der Waals surface area contributed by atoms with E-state index in [-0.39, 0.29) is 0 Å². The second-order valence-corrected chi connectivity index (χ2v) is 4.38. The van der Waals surface area contributed by atoms with Gasteiger partial charge in [-0.3, -0.25) is 0 Å². The number of rotatable bonds is 2. The maximum Gasteiger partial charge on any atom is 0.135 e. The maximum absolute atomic E-state index is 5.90. The quantitative estimate of drug-likeness (QED) is 0.821. The van der Waals surface area contributed by atoms with Gasteiger partial charge in [-0.15, -0.1) is 0 Å². The predicted molar refractivity (Wildman–Crippen MR) is 71.0 cm³/mol. The molecular weight excluding hydrogens is 234 g/mol. The van der Waals surface area contributed by atoms with Crippen LogP contribution < -0.4 is 5.32 Å². The predicted octanol–water partition coefficient (Wildman–Crippen LogP) is 3.80. The summed E-state index contributed by atoms with van der Waals surface area (Å²) < 4.78 is 0. The van der Waals surface area contributed by atoms with Crippen molar-refractivity contribution in [1.82, 2.24) is 9.97 Å². The topological polar surface area (TPSA) is 37.8 Å². The summed E-state index contributed by atoms with van der Waals surface area (Å²) in [6.07, 6.45) is 0. The smallest absolute Gasteiger partial charge is 0.135 e. The summed E-state index contributed by atoms with van der Waals surface area (Å²) in [6, 6.07) is 7.84. The van der Waals surface area contributed by atoms with E-state index in [9.17, 15) is 0 Å². The summed E-state index contributed by atoms with van der Waals surface area (Å²) >= 11 is 5.90. The lowest BCUT2D eigenvalue weighted by Crippen LogP contribution is -1.99. The molecule has 1 aromatic carbocycles. The average Bonchev–Trinajstić information content (AvgIpc) is 2.23. The molecule has 1 heterocycles. The van der Waals surface area contributed by atoms with Gasteiger partial charge in [0.2, 0.25) is 0 Å². The average molecular weight is 248 g/mol. The van der Waals surface area contributed by atoms with E-state index in [1.165, 1.54) is 11.1 Å². The first-order valence-electron chi connectivity index (χ1n) is 5.40. The summed E-state index contributed by atoms with van der Waals surface area (Å²) in [7, 11) is 0. The van der Waals surface area contributed by atoms with Crippen molar-refractivity contribution in [2.24, 2.45) is 0 Å². The van der Waals surface area contributed by atoms with Crippen LogP contribution in [0.1, 0.15) is 17.0 Å². The van der Waals surface area contributed by atoms with Gasteiger partial charge in [-0.2, -0.15) is 0 Å². The highest BCUT2D eigenvalue weighted by Crippen LogP contribution is 2.22. The standard InChI is InChI=1S/C13H14ClN3/c1-8-5-4-6-11(9(8)2)17-13-7-12(14)15-10(3)16-13/h4-7H,1-3H3,(H,15,16,17). The van der Waals surface area contributed by atoms with Gasteiger partial charge in [0.05, 0.1) is 0 Å². The minimum atomic E-state index is 0.449. The van der Waals surface area contributed by atoms with Gasteiger partial charge in [-0.25, -0.2) is 9.97 Å². The fourth-order valence-corrected chi connectivity index (χ4v) is 1.85. The molecule has 1 aromatic heterocycles. The summed E-state index contributed by atoms with van der Waals surface area (Å²) in [5.41, 5.74) is 3.49. The molecule has 0 atom stereocenters. The number of halogens is 1. The molecule has 0 saturated heterocycles. The van der Waals surface area contributed by atoms with Crippen molar-refractivity contribution in [1.29, 1.82) is 0 Å². The fourth-order valence-electron chi connectivity index (χ4n) is 1.62. The molecule has 2 aromatic rings. The van der Waals surface area contributed by atoms with Crippen molar-refractivity contribution in [3.63, 3.8) is 0 Å². The molecule has 0 aliphatic rings. The Labute approximate surface area is 106 Å². The normalized spacial score (nSPS) is 10.4. The Hall–Kier alpha value is -1.61. The van der Waals surface area contributed by atoms with E-state index < -0.39 is 0 Å². The van der Waals surface area contributed by atoms with Crippen LogP contribution in [-0.4, -0.2) is 9.97 Å². The highest BCUT2D eigenvalue weighted by Gasteiger charge is 2.04. The van der Waals surface area contributed by atoms with Gasteiger partial charge in [-0.1, -0.05) is 23.7 Å². The van der Waals surface area contributed by atoms with Gasteiger partial charge < -0.3 is 5.32 Å². The SMILES string of the molecule is Cc1nc(Cl)cc(Nc2cccc(C)c2C)n1. The fraction of sp³-hybridized carbons (Fsp3) is 0.231. The van der Waals surface area contributed by atoms with Crippen molar-refractivity contribution in [3.8, 4) is 0 Å². The van der Waals surface area contributed by atoms with Crippen molar-refractivity contribution >= 4 is 23.1 Å². The monoisotopic (exact) mass is 247 g/mol.